The molecule has 0 bridgehead atoms. The molecule has 1 aromatic carbocycles. The molecule has 0 amide bonds. The quantitative estimate of drug-likeness (QED) is 0.890. The van der Waals surface area contributed by atoms with E-state index in [1.165, 1.54) is 16.7 Å². The summed E-state index contributed by atoms with van der Waals surface area (Å²) in [7, 11) is 1.71. The first-order valence-electron chi connectivity index (χ1n) is 6.03. The highest BCUT2D eigenvalue weighted by Gasteiger charge is 2.16. The third kappa shape index (κ3) is 2.36. The van der Waals surface area contributed by atoms with Gasteiger partial charge in [0.25, 0.3) is 0 Å². The fraction of sp³-hybridized carbons (Fsp3) is 0.357. The summed E-state index contributed by atoms with van der Waals surface area (Å²) in [6.45, 7) is 1.87. The molecule has 0 fully saturated rings. The number of hydrogen-bond acceptors (Lipinski definition) is 3. The van der Waals surface area contributed by atoms with Crippen molar-refractivity contribution in [1.29, 1.82) is 0 Å². The summed E-state index contributed by atoms with van der Waals surface area (Å²) in [4.78, 5) is 4.48. The summed E-state index contributed by atoms with van der Waals surface area (Å²) < 4.78 is 5.27. The van der Waals surface area contributed by atoms with E-state index in [2.05, 4.69) is 28.5 Å². The Hall–Kier alpha value is -1.48. The number of aryl methyl sites for hydroxylation is 1. The fourth-order valence-electron chi connectivity index (χ4n) is 2.39. The van der Waals surface area contributed by atoms with Crippen LogP contribution in [0.5, 0.6) is 5.75 Å². The highest BCUT2D eigenvalue weighted by atomic mass is 35.5. The minimum absolute atomic E-state index is 0. The van der Waals surface area contributed by atoms with Crippen molar-refractivity contribution in [1.82, 2.24) is 5.32 Å². The summed E-state index contributed by atoms with van der Waals surface area (Å²) in [6, 6.07) is 6.29. The Balaban J connectivity index is 0.00000120. The number of amidine groups is 1. The van der Waals surface area contributed by atoms with Crippen LogP contribution >= 0.6 is 12.4 Å². The van der Waals surface area contributed by atoms with Crippen molar-refractivity contribution in [3.63, 3.8) is 0 Å². The first kappa shape index (κ1) is 13.0. The van der Waals surface area contributed by atoms with Crippen LogP contribution in [0.4, 0.5) is 0 Å². The molecule has 1 aliphatic heterocycles. The number of hydrogen-bond donors (Lipinski definition) is 1. The molecule has 1 heterocycles. The molecular weight excluding hydrogens is 248 g/mol. The molecule has 3 nitrogen and oxygen atoms in total. The average Bonchev–Trinajstić information content (AvgIpc) is 2.91. The second-order valence-corrected chi connectivity index (χ2v) is 4.39. The molecule has 0 atom stereocenters. The summed E-state index contributed by atoms with van der Waals surface area (Å²) in [5.41, 5.74) is 3.98. The number of fused-ring (bicyclic) bond motifs is 1. The lowest BCUT2D eigenvalue weighted by atomic mass is 9.91. The van der Waals surface area contributed by atoms with Crippen molar-refractivity contribution in [3.05, 3.63) is 34.9 Å². The minimum Gasteiger partial charge on any atom is -0.497 e. The van der Waals surface area contributed by atoms with Crippen LogP contribution in [0.25, 0.3) is 6.08 Å². The van der Waals surface area contributed by atoms with E-state index in [1.807, 2.05) is 6.07 Å². The maximum Gasteiger partial charge on any atom is 0.124 e. The smallest absolute Gasteiger partial charge is 0.124 e. The maximum absolute atomic E-state index is 5.27. The van der Waals surface area contributed by atoms with E-state index in [0.29, 0.717) is 0 Å². The monoisotopic (exact) mass is 264 g/mol. The van der Waals surface area contributed by atoms with Gasteiger partial charge in [-0.05, 0) is 47.8 Å². The molecule has 3 rings (SSSR count). The number of halogens is 1. The van der Waals surface area contributed by atoms with Gasteiger partial charge in [-0.2, -0.15) is 0 Å². The Labute approximate surface area is 113 Å². The van der Waals surface area contributed by atoms with Gasteiger partial charge in [0.15, 0.2) is 0 Å². The van der Waals surface area contributed by atoms with Gasteiger partial charge in [0.1, 0.15) is 11.6 Å². The lowest BCUT2D eigenvalue weighted by molar-refractivity contribution is 0.414. The Morgan fingerprint density at radius 1 is 1.28 bits per heavy atom. The van der Waals surface area contributed by atoms with Crippen LogP contribution in [-0.2, 0) is 6.42 Å². The van der Waals surface area contributed by atoms with E-state index in [-0.39, 0.29) is 12.4 Å². The second-order valence-electron chi connectivity index (χ2n) is 4.39. The van der Waals surface area contributed by atoms with E-state index in [4.69, 9.17) is 4.74 Å². The van der Waals surface area contributed by atoms with Crippen LogP contribution in [-0.4, -0.2) is 26.0 Å². The van der Waals surface area contributed by atoms with Crippen molar-refractivity contribution < 1.29 is 4.74 Å². The van der Waals surface area contributed by atoms with Crippen LogP contribution in [0, 0.1) is 0 Å². The molecule has 1 aliphatic carbocycles. The van der Waals surface area contributed by atoms with E-state index >= 15 is 0 Å². The molecule has 96 valence electrons. The largest absolute Gasteiger partial charge is 0.497 e. The van der Waals surface area contributed by atoms with Gasteiger partial charge in [-0.1, -0.05) is 6.07 Å². The van der Waals surface area contributed by atoms with Gasteiger partial charge in [-0.15, -0.1) is 12.4 Å². The number of methoxy groups -OCH3 is 1. The molecule has 0 saturated carbocycles. The molecule has 1 N–H and O–H groups in total. The van der Waals surface area contributed by atoms with Gasteiger partial charge < -0.3 is 10.1 Å². The molecule has 1 aromatic rings. The number of ether oxygens (including phenoxy) is 1. The zero-order valence-corrected chi connectivity index (χ0v) is 11.2. The summed E-state index contributed by atoms with van der Waals surface area (Å²) in [5.74, 6) is 2.00. The van der Waals surface area contributed by atoms with E-state index in [1.54, 1.807) is 7.11 Å². The Morgan fingerprint density at radius 2 is 2.17 bits per heavy atom. The third-order valence-corrected chi connectivity index (χ3v) is 3.32. The highest BCUT2D eigenvalue weighted by molar-refractivity contribution is 6.03. The van der Waals surface area contributed by atoms with E-state index in [0.717, 1.165) is 37.5 Å². The molecule has 4 heteroatoms. The summed E-state index contributed by atoms with van der Waals surface area (Å²) >= 11 is 0. The predicted molar refractivity (Wildman–Crippen MR) is 76.8 cm³/mol. The molecule has 0 aromatic heterocycles. The number of nitrogens with zero attached hydrogens (tertiary/aromatic N) is 1. The van der Waals surface area contributed by atoms with Crippen LogP contribution in [0.1, 0.15) is 17.5 Å². The summed E-state index contributed by atoms with van der Waals surface area (Å²) in [6.07, 6.45) is 4.40. The molecular formula is C14H17ClN2O. The van der Waals surface area contributed by atoms with E-state index in [9.17, 15) is 0 Å². The van der Waals surface area contributed by atoms with Crippen molar-refractivity contribution in [3.8, 4) is 5.75 Å². The zero-order chi connectivity index (χ0) is 11.7. The van der Waals surface area contributed by atoms with Gasteiger partial charge in [0.05, 0.1) is 13.7 Å². The standard InChI is InChI=1S/C14H16N2O.ClH/c1-17-13-5-4-10-2-3-11(8-12(10)9-13)14-15-6-7-16-14;/h4-5,8-9H,2-3,6-7H2,1H3,(H,15,16);1H. The second kappa shape index (κ2) is 5.44. The van der Waals surface area contributed by atoms with Crippen LogP contribution in [0.2, 0.25) is 0 Å². The van der Waals surface area contributed by atoms with Gasteiger partial charge in [0.2, 0.25) is 0 Å². The molecule has 18 heavy (non-hydrogen) atoms. The SMILES string of the molecule is COc1ccc2c(c1)C=C(C1=NCCN1)CC2.Cl. The highest BCUT2D eigenvalue weighted by Crippen LogP contribution is 2.27. The molecule has 2 aliphatic rings. The summed E-state index contributed by atoms with van der Waals surface area (Å²) in [5, 5.41) is 3.34. The van der Waals surface area contributed by atoms with Gasteiger partial charge >= 0.3 is 0 Å². The molecule has 0 unspecified atom stereocenters. The topological polar surface area (TPSA) is 33.6 Å². The van der Waals surface area contributed by atoms with Gasteiger partial charge in [-0.25, -0.2) is 0 Å². The minimum atomic E-state index is 0. The Morgan fingerprint density at radius 3 is 2.89 bits per heavy atom. The van der Waals surface area contributed by atoms with Gasteiger partial charge in [-0.3, -0.25) is 4.99 Å². The molecule has 0 radical (unpaired) electrons. The first-order chi connectivity index (χ1) is 8.36. The molecule has 0 spiro atoms. The third-order valence-electron chi connectivity index (χ3n) is 3.32. The Bertz CT molecular complexity index is 509. The first-order valence-corrected chi connectivity index (χ1v) is 6.03. The van der Waals surface area contributed by atoms with Crippen molar-refractivity contribution >= 4 is 24.3 Å². The lowest BCUT2D eigenvalue weighted by Gasteiger charge is -2.17. The average molecular weight is 265 g/mol. The van der Waals surface area contributed by atoms with Crippen LogP contribution in [0.15, 0.2) is 28.8 Å². The van der Waals surface area contributed by atoms with E-state index < -0.39 is 0 Å². The zero-order valence-electron chi connectivity index (χ0n) is 10.4. The predicted octanol–water partition coefficient (Wildman–Crippen LogP) is 2.45. The maximum atomic E-state index is 5.27. The van der Waals surface area contributed by atoms with Crippen molar-refractivity contribution in [2.75, 3.05) is 20.2 Å². The number of nitrogens with one attached hydrogen (secondary N) is 1. The van der Waals surface area contributed by atoms with Gasteiger partial charge in [0, 0.05) is 6.54 Å². The number of rotatable bonds is 2. The molecule has 0 saturated heterocycles. The number of aliphatic imine (C=N–C) groups is 1. The normalized spacial score (nSPS) is 16.9. The Kier molecular flexibility index (Phi) is 3.92. The lowest BCUT2D eigenvalue weighted by Crippen LogP contribution is -2.22. The van der Waals surface area contributed by atoms with Crippen LogP contribution < -0.4 is 10.1 Å². The number of benzene rings is 1. The fourth-order valence-corrected chi connectivity index (χ4v) is 2.39. The van der Waals surface area contributed by atoms with Crippen LogP contribution in [0.3, 0.4) is 0 Å². The van der Waals surface area contributed by atoms with Crippen molar-refractivity contribution in [2.45, 2.75) is 12.8 Å². The van der Waals surface area contributed by atoms with Crippen molar-refractivity contribution in [2.24, 2.45) is 4.99 Å².